The van der Waals surface area contributed by atoms with Gasteiger partial charge < -0.3 is 9.64 Å². The number of fused-ring (bicyclic) bond motifs is 1. The lowest BCUT2D eigenvalue weighted by Crippen LogP contribution is -2.27. The molecule has 0 radical (unpaired) electrons. The van der Waals surface area contributed by atoms with Crippen LogP contribution in [0.25, 0.3) is 5.78 Å². The molecule has 4 rings (SSSR count). The number of rotatable bonds is 3. The SMILES string of the molecule is Cc1nc2ncnn2c(N2CCC(Oc3cccc(Cl)c3)C2)c1C. The molecule has 1 unspecified atom stereocenters. The third-order valence-corrected chi connectivity index (χ3v) is 4.65. The second kappa shape index (κ2) is 5.94. The monoisotopic (exact) mass is 343 g/mol. The van der Waals surface area contributed by atoms with E-state index >= 15 is 0 Å². The maximum atomic E-state index is 6.08. The zero-order valence-electron chi connectivity index (χ0n) is 13.6. The van der Waals surface area contributed by atoms with Crippen molar-refractivity contribution in [1.82, 2.24) is 19.6 Å². The van der Waals surface area contributed by atoms with Gasteiger partial charge in [-0.1, -0.05) is 17.7 Å². The molecule has 0 aliphatic carbocycles. The first-order valence-corrected chi connectivity index (χ1v) is 8.34. The number of ether oxygens (including phenoxy) is 1. The number of halogens is 1. The number of aryl methyl sites for hydroxylation is 1. The summed E-state index contributed by atoms with van der Waals surface area (Å²) in [5, 5.41) is 5.02. The molecule has 1 saturated heterocycles. The van der Waals surface area contributed by atoms with Gasteiger partial charge in [0.15, 0.2) is 0 Å². The molecule has 124 valence electrons. The summed E-state index contributed by atoms with van der Waals surface area (Å²) < 4.78 is 7.89. The van der Waals surface area contributed by atoms with Crippen molar-refractivity contribution in [1.29, 1.82) is 0 Å². The third kappa shape index (κ3) is 2.67. The second-order valence-electron chi connectivity index (χ2n) is 6.05. The highest BCUT2D eigenvalue weighted by Gasteiger charge is 2.28. The Morgan fingerprint density at radius 3 is 3.00 bits per heavy atom. The summed E-state index contributed by atoms with van der Waals surface area (Å²) in [7, 11) is 0. The number of hydrogen-bond donors (Lipinski definition) is 0. The van der Waals surface area contributed by atoms with Gasteiger partial charge >= 0.3 is 0 Å². The number of benzene rings is 1. The third-order valence-electron chi connectivity index (χ3n) is 4.42. The van der Waals surface area contributed by atoms with E-state index in [2.05, 4.69) is 26.9 Å². The minimum Gasteiger partial charge on any atom is -0.488 e. The largest absolute Gasteiger partial charge is 0.488 e. The smallest absolute Gasteiger partial charge is 0.254 e. The van der Waals surface area contributed by atoms with Crippen LogP contribution in [0.15, 0.2) is 30.6 Å². The maximum Gasteiger partial charge on any atom is 0.254 e. The first-order chi connectivity index (χ1) is 11.6. The van der Waals surface area contributed by atoms with E-state index in [0.717, 1.165) is 42.3 Å². The summed E-state index contributed by atoms with van der Waals surface area (Å²) >= 11 is 6.03. The van der Waals surface area contributed by atoms with Gasteiger partial charge in [-0.15, -0.1) is 0 Å². The Hall–Kier alpha value is -2.34. The van der Waals surface area contributed by atoms with Crippen molar-refractivity contribution in [3.63, 3.8) is 0 Å². The van der Waals surface area contributed by atoms with Crippen molar-refractivity contribution >= 4 is 23.2 Å². The van der Waals surface area contributed by atoms with Gasteiger partial charge in [0.1, 0.15) is 24.0 Å². The van der Waals surface area contributed by atoms with E-state index in [4.69, 9.17) is 16.3 Å². The Kier molecular flexibility index (Phi) is 3.76. The Balaban J connectivity index is 1.59. The van der Waals surface area contributed by atoms with E-state index in [1.807, 2.05) is 35.7 Å². The molecular formula is C17H18ClN5O. The van der Waals surface area contributed by atoms with Crippen LogP contribution in [0.4, 0.5) is 5.82 Å². The molecule has 3 heterocycles. The van der Waals surface area contributed by atoms with Crippen LogP contribution in [0.3, 0.4) is 0 Å². The minimum absolute atomic E-state index is 0.120. The van der Waals surface area contributed by atoms with Crippen molar-refractivity contribution in [3.05, 3.63) is 46.9 Å². The second-order valence-corrected chi connectivity index (χ2v) is 6.49. The Morgan fingerprint density at radius 1 is 1.29 bits per heavy atom. The van der Waals surface area contributed by atoms with Gasteiger partial charge in [-0.25, -0.2) is 4.98 Å². The summed E-state index contributed by atoms with van der Waals surface area (Å²) in [5.41, 5.74) is 2.10. The van der Waals surface area contributed by atoms with Gasteiger partial charge in [-0.3, -0.25) is 0 Å². The first kappa shape index (κ1) is 15.2. The molecule has 1 aliphatic heterocycles. The van der Waals surface area contributed by atoms with Crippen LogP contribution in [-0.2, 0) is 0 Å². The highest BCUT2D eigenvalue weighted by Crippen LogP contribution is 2.28. The summed E-state index contributed by atoms with van der Waals surface area (Å²) in [6.45, 7) is 5.78. The van der Waals surface area contributed by atoms with Crippen LogP contribution in [0.1, 0.15) is 17.7 Å². The fourth-order valence-corrected chi connectivity index (χ4v) is 3.32. The van der Waals surface area contributed by atoms with E-state index in [9.17, 15) is 0 Å². The quantitative estimate of drug-likeness (QED) is 0.731. The van der Waals surface area contributed by atoms with Gasteiger partial charge in [0.05, 0.1) is 6.54 Å². The van der Waals surface area contributed by atoms with E-state index in [1.54, 1.807) is 6.33 Å². The van der Waals surface area contributed by atoms with E-state index < -0.39 is 0 Å². The number of hydrogen-bond acceptors (Lipinski definition) is 5. The van der Waals surface area contributed by atoms with Gasteiger partial charge in [-0.05, 0) is 32.0 Å². The summed E-state index contributed by atoms with van der Waals surface area (Å²) in [4.78, 5) is 11.0. The zero-order valence-corrected chi connectivity index (χ0v) is 14.4. The zero-order chi connectivity index (χ0) is 16.7. The van der Waals surface area contributed by atoms with Gasteiger partial charge in [0, 0.05) is 29.2 Å². The summed E-state index contributed by atoms with van der Waals surface area (Å²) in [6.07, 6.45) is 2.61. The number of aromatic nitrogens is 4. The van der Waals surface area contributed by atoms with E-state index in [1.165, 1.54) is 0 Å². The molecule has 1 aromatic carbocycles. The van der Waals surface area contributed by atoms with Gasteiger partial charge in [0.25, 0.3) is 5.78 Å². The van der Waals surface area contributed by atoms with Crippen molar-refractivity contribution in [3.8, 4) is 5.75 Å². The van der Waals surface area contributed by atoms with Crippen LogP contribution in [0.2, 0.25) is 5.02 Å². The van der Waals surface area contributed by atoms with Crippen LogP contribution in [-0.4, -0.2) is 38.8 Å². The Morgan fingerprint density at radius 2 is 2.17 bits per heavy atom. The summed E-state index contributed by atoms with van der Waals surface area (Å²) in [5.74, 6) is 2.49. The lowest BCUT2D eigenvalue weighted by molar-refractivity contribution is 0.225. The average molecular weight is 344 g/mol. The molecule has 0 N–H and O–H groups in total. The molecule has 1 atom stereocenters. The Labute approximate surface area is 145 Å². The molecule has 0 saturated carbocycles. The molecule has 0 spiro atoms. The first-order valence-electron chi connectivity index (χ1n) is 7.96. The lowest BCUT2D eigenvalue weighted by atomic mass is 10.2. The molecule has 0 bridgehead atoms. The van der Waals surface area contributed by atoms with Crippen molar-refractivity contribution in [2.45, 2.75) is 26.4 Å². The van der Waals surface area contributed by atoms with Gasteiger partial charge in [0.2, 0.25) is 0 Å². The maximum absolute atomic E-state index is 6.08. The predicted octanol–water partition coefficient (Wildman–Crippen LogP) is 3.05. The lowest BCUT2D eigenvalue weighted by Gasteiger charge is -2.22. The van der Waals surface area contributed by atoms with Crippen LogP contribution >= 0.6 is 11.6 Å². The molecule has 6 nitrogen and oxygen atoms in total. The van der Waals surface area contributed by atoms with E-state index in [0.29, 0.717) is 10.8 Å². The van der Waals surface area contributed by atoms with Crippen LogP contribution < -0.4 is 9.64 Å². The summed E-state index contributed by atoms with van der Waals surface area (Å²) in [6, 6.07) is 7.54. The van der Waals surface area contributed by atoms with E-state index in [-0.39, 0.29) is 6.10 Å². The van der Waals surface area contributed by atoms with Crippen molar-refractivity contribution in [2.75, 3.05) is 18.0 Å². The van der Waals surface area contributed by atoms with Crippen LogP contribution in [0.5, 0.6) is 5.75 Å². The van der Waals surface area contributed by atoms with Crippen LogP contribution in [0, 0.1) is 13.8 Å². The minimum atomic E-state index is 0.120. The molecule has 0 amide bonds. The standard InChI is InChI=1S/C17H18ClN5O/c1-11-12(2)21-17-19-10-20-23(17)16(11)22-7-6-15(9-22)24-14-5-3-4-13(18)8-14/h3-5,8,10,15H,6-7,9H2,1-2H3. The fourth-order valence-electron chi connectivity index (χ4n) is 3.14. The molecule has 24 heavy (non-hydrogen) atoms. The topological polar surface area (TPSA) is 55.5 Å². The normalized spacial score (nSPS) is 17.6. The fraction of sp³-hybridized carbons (Fsp3) is 0.353. The molecule has 7 heteroatoms. The predicted molar refractivity (Wildman–Crippen MR) is 93.0 cm³/mol. The molecule has 1 fully saturated rings. The number of anilines is 1. The van der Waals surface area contributed by atoms with Crippen molar-refractivity contribution in [2.24, 2.45) is 0 Å². The highest BCUT2D eigenvalue weighted by atomic mass is 35.5. The van der Waals surface area contributed by atoms with Gasteiger partial charge in [-0.2, -0.15) is 14.6 Å². The molecule has 3 aromatic rings. The highest BCUT2D eigenvalue weighted by molar-refractivity contribution is 6.30. The average Bonchev–Trinajstić information content (AvgIpc) is 3.18. The molecule has 2 aromatic heterocycles. The molecule has 1 aliphatic rings. The van der Waals surface area contributed by atoms with Crippen molar-refractivity contribution < 1.29 is 4.74 Å². The number of nitrogens with zero attached hydrogens (tertiary/aromatic N) is 5. The Bertz CT molecular complexity index is 894. The molecular weight excluding hydrogens is 326 g/mol.